The molecule has 0 fully saturated rings. The lowest BCUT2D eigenvalue weighted by molar-refractivity contribution is -0.386. The number of rotatable bonds is 3. The standard InChI is InChI=1S/C8H10FN3O2/c1-11(2)10-7-5-3-4-6(9)8(7)12(13)14/h3-5,10H,1-2H3. The number of hydrogen-bond acceptors (Lipinski definition) is 4. The number of benzene rings is 1. The van der Waals surface area contributed by atoms with Crippen molar-refractivity contribution in [1.82, 2.24) is 5.01 Å². The van der Waals surface area contributed by atoms with Gasteiger partial charge in [-0.05, 0) is 12.1 Å². The third-order valence-electron chi connectivity index (χ3n) is 1.51. The largest absolute Gasteiger partial charge is 0.328 e. The van der Waals surface area contributed by atoms with Gasteiger partial charge in [0.2, 0.25) is 5.82 Å². The van der Waals surface area contributed by atoms with Crippen LogP contribution in [0.1, 0.15) is 0 Å². The molecule has 14 heavy (non-hydrogen) atoms. The van der Waals surface area contributed by atoms with E-state index in [1.807, 2.05) is 0 Å². The highest BCUT2D eigenvalue weighted by Gasteiger charge is 2.19. The fourth-order valence-corrected chi connectivity index (χ4v) is 1.03. The normalized spacial score (nSPS) is 10.3. The summed E-state index contributed by atoms with van der Waals surface area (Å²) < 4.78 is 13.1. The summed E-state index contributed by atoms with van der Waals surface area (Å²) in [4.78, 5) is 9.78. The Morgan fingerprint density at radius 2 is 2.14 bits per heavy atom. The van der Waals surface area contributed by atoms with Crippen molar-refractivity contribution in [1.29, 1.82) is 0 Å². The number of nitrogens with one attached hydrogen (secondary N) is 1. The highest BCUT2D eigenvalue weighted by Crippen LogP contribution is 2.26. The quantitative estimate of drug-likeness (QED) is 0.593. The van der Waals surface area contributed by atoms with Gasteiger partial charge >= 0.3 is 5.69 Å². The van der Waals surface area contributed by atoms with Gasteiger partial charge in [-0.15, -0.1) is 0 Å². The predicted octanol–water partition coefficient (Wildman–Crippen LogP) is 1.62. The van der Waals surface area contributed by atoms with Crippen LogP contribution >= 0.6 is 0 Å². The second kappa shape index (κ2) is 4.01. The molecule has 0 atom stereocenters. The van der Waals surface area contributed by atoms with Crippen molar-refractivity contribution >= 4 is 11.4 Å². The van der Waals surface area contributed by atoms with Gasteiger partial charge < -0.3 is 5.43 Å². The number of para-hydroxylation sites is 1. The van der Waals surface area contributed by atoms with Gasteiger partial charge in [-0.25, -0.2) is 5.01 Å². The van der Waals surface area contributed by atoms with Gasteiger partial charge in [0.1, 0.15) is 5.69 Å². The molecule has 0 aliphatic carbocycles. The molecule has 0 unspecified atom stereocenters. The molecule has 1 aromatic carbocycles. The highest BCUT2D eigenvalue weighted by atomic mass is 19.1. The first-order chi connectivity index (χ1) is 6.52. The molecule has 76 valence electrons. The van der Waals surface area contributed by atoms with Crippen LogP contribution in [0.25, 0.3) is 0 Å². The van der Waals surface area contributed by atoms with E-state index in [0.29, 0.717) is 0 Å². The molecule has 1 rings (SSSR count). The zero-order valence-electron chi connectivity index (χ0n) is 7.82. The molecular weight excluding hydrogens is 189 g/mol. The van der Waals surface area contributed by atoms with Crippen LogP contribution in [0.15, 0.2) is 18.2 Å². The molecule has 0 radical (unpaired) electrons. The maximum absolute atomic E-state index is 13.1. The van der Waals surface area contributed by atoms with E-state index in [1.165, 1.54) is 17.1 Å². The van der Waals surface area contributed by atoms with E-state index in [-0.39, 0.29) is 5.69 Å². The van der Waals surface area contributed by atoms with Gasteiger partial charge in [0.25, 0.3) is 0 Å². The molecule has 0 aliphatic heterocycles. The molecule has 5 nitrogen and oxygen atoms in total. The third kappa shape index (κ3) is 2.17. The number of nitro groups is 1. The molecular formula is C8H10FN3O2. The number of hydrogen-bond donors (Lipinski definition) is 1. The summed E-state index contributed by atoms with van der Waals surface area (Å²) in [7, 11) is 3.32. The first-order valence-electron chi connectivity index (χ1n) is 3.89. The molecule has 0 saturated carbocycles. The second-order valence-corrected chi connectivity index (χ2v) is 2.90. The van der Waals surface area contributed by atoms with Crippen molar-refractivity contribution in [3.05, 3.63) is 34.1 Å². The molecule has 1 N–H and O–H groups in total. The van der Waals surface area contributed by atoms with Gasteiger partial charge in [-0.2, -0.15) is 4.39 Å². The Hall–Kier alpha value is -1.69. The summed E-state index contributed by atoms with van der Waals surface area (Å²) in [6, 6.07) is 3.91. The van der Waals surface area contributed by atoms with E-state index in [0.717, 1.165) is 6.07 Å². The average molecular weight is 199 g/mol. The summed E-state index contributed by atoms with van der Waals surface area (Å²) >= 11 is 0. The van der Waals surface area contributed by atoms with Crippen molar-refractivity contribution in [3.8, 4) is 0 Å². The molecule has 0 saturated heterocycles. The maximum atomic E-state index is 13.1. The Bertz CT molecular complexity index is 354. The summed E-state index contributed by atoms with van der Waals surface area (Å²) in [6.07, 6.45) is 0. The molecule has 1 aromatic rings. The van der Waals surface area contributed by atoms with Crippen LogP contribution in [-0.2, 0) is 0 Å². The van der Waals surface area contributed by atoms with Crippen LogP contribution in [0.3, 0.4) is 0 Å². The number of nitrogens with zero attached hydrogens (tertiary/aromatic N) is 2. The Labute approximate surface area is 80.3 Å². The lowest BCUT2D eigenvalue weighted by Gasteiger charge is -2.13. The lowest BCUT2D eigenvalue weighted by atomic mass is 10.2. The highest BCUT2D eigenvalue weighted by molar-refractivity contribution is 5.61. The Kier molecular flexibility index (Phi) is 2.98. The second-order valence-electron chi connectivity index (χ2n) is 2.90. The molecule has 0 heterocycles. The Balaban J connectivity index is 3.14. The molecule has 0 amide bonds. The van der Waals surface area contributed by atoms with Gasteiger partial charge in [-0.3, -0.25) is 10.1 Å². The van der Waals surface area contributed by atoms with Gasteiger partial charge in [0.15, 0.2) is 0 Å². The lowest BCUT2D eigenvalue weighted by Crippen LogP contribution is -2.20. The fraction of sp³-hybridized carbons (Fsp3) is 0.250. The van der Waals surface area contributed by atoms with Gasteiger partial charge in [-0.1, -0.05) is 6.07 Å². The molecule has 0 aliphatic rings. The molecule has 0 spiro atoms. The zero-order valence-corrected chi connectivity index (χ0v) is 7.82. The van der Waals surface area contributed by atoms with E-state index in [4.69, 9.17) is 0 Å². The SMILES string of the molecule is CN(C)Nc1cccc(F)c1[N+](=O)[O-]. The summed E-state index contributed by atoms with van der Waals surface area (Å²) in [6.45, 7) is 0. The van der Waals surface area contributed by atoms with Crippen LogP contribution in [0.2, 0.25) is 0 Å². The molecule has 0 bridgehead atoms. The predicted molar refractivity (Wildman–Crippen MR) is 50.4 cm³/mol. The minimum atomic E-state index is -0.846. The summed E-state index contributed by atoms with van der Waals surface area (Å²) in [5.74, 6) is -0.846. The summed E-state index contributed by atoms with van der Waals surface area (Å²) in [5.41, 5.74) is 2.25. The van der Waals surface area contributed by atoms with Crippen molar-refractivity contribution in [2.45, 2.75) is 0 Å². The first-order valence-corrected chi connectivity index (χ1v) is 3.89. The zero-order chi connectivity index (χ0) is 10.7. The number of nitro benzene ring substituents is 1. The van der Waals surface area contributed by atoms with Crippen molar-refractivity contribution in [3.63, 3.8) is 0 Å². The van der Waals surface area contributed by atoms with Crippen molar-refractivity contribution in [2.24, 2.45) is 0 Å². The van der Waals surface area contributed by atoms with Crippen LogP contribution in [-0.4, -0.2) is 24.0 Å². The number of anilines is 1. The topological polar surface area (TPSA) is 58.4 Å². The fourth-order valence-electron chi connectivity index (χ4n) is 1.03. The average Bonchev–Trinajstić information content (AvgIpc) is 2.01. The Morgan fingerprint density at radius 3 is 2.64 bits per heavy atom. The van der Waals surface area contributed by atoms with E-state index in [2.05, 4.69) is 5.43 Å². The molecule has 0 aromatic heterocycles. The van der Waals surface area contributed by atoms with Crippen LogP contribution < -0.4 is 5.43 Å². The smallest absolute Gasteiger partial charge is 0.313 e. The van der Waals surface area contributed by atoms with Crippen molar-refractivity contribution < 1.29 is 9.31 Å². The van der Waals surface area contributed by atoms with Gasteiger partial charge in [0, 0.05) is 14.1 Å². The van der Waals surface area contributed by atoms with Crippen LogP contribution in [0.4, 0.5) is 15.8 Å². The monoisotopic (exact) mass is 199 g/mol. The maximum Gasteiger partial charge on any atom is 0.328 e. The van der Waals surface area contributed by atoms with E-state index in [9.17, 15) is 14.5 Å². The van der Waals surface area contributed by atoms with Gasteiger partial charge in [0.05, 0.1) is 4.92 Å². The number of hydrazine groups is 1. The van der Waals surface area contributed by atoms with Crippen molar-refractivity contribution in [2.75, 3.05) is 19.5 Å². The Morgan fingerprint density at radius 1 is 1.50 bits per heavy atom. The number of halogens is 1. The molecule has 6 heteroatoms. The minimum absolute atomic E-state index is 0.139. The van der Waals surface area contributed by atoms with E-state index < -0.39 is 16.4 Å². The van der Waals surface area contributed by atoms with Crippen LogP contribution in [0, 0.1) is 15.9 Å². The minimum Gasteiger partial charge on any atom is -0.313 e. The van der Waals surface area contributed by atoms with E-state index in [1.54, 1.807) is 14.1 Å². The van der Waals surface area contributed by atoms with E-state index >= 15 is 0 Å². The van der Waals surface area contributed by atoms with Crippen LogP contribution in [0.5, 0.6) is 0 Å². The first kappa shape index (κ1) is 10.4. The third-order valence-corrected chi connectivity index (χ3v) is 1.51. The summed E-state index contributed by atoms with van der Waals surface area (Å²) in [5, 5.41) is 12.0.